The van der Waals surface area contributed by atoms with E-state index in [0.717, 1.165) is 101 Å². The van der Waals surface area contributed by atoms with Gasteiger partial charge in [0.2, 0.25) is 0 Å². The van der Waals surface area contributed by atoms with Gasteiger partial charge in [-0.05, 0) is 47.2 Å². The molecule has 134 heavy (non-hydrogen) atoms. The molecule has 8 heteroatoms. The van der Waals surface area contributed by atoms with Gasteiger partial charge in [-0.3, -0.25) is 0 Å². The summed E-state index contributed by atoms with van der Waals surface area (Å²) >= 11 is 0. The van der Waals surface area contributed by atoms with Crippen LogP contribution in [0, 0.1) is 0 Å². The van der Waals surface area contributed by atoms with E-state index in [2.05, 4.69) is 550 Å². The summed E-state index contributed by atoms with van der Waals surface area (Å²) in [6.07, 6.45) is 0. The van der Waals surface area contributed by atoms with Crippen molar-refractivity contribution in [3.63, 3.8) is 0 Å². The second kappa shape index (κ2) is 31.9. The van der Waals surface area contributed by atoms with E-state index in [4.69, 9.17) is 0 Å². The van der Waals surface area contributed by atoms with Gasteiger partial charge in [-0.2, -0.15) is 0 Å². The fourth-order valence-electron chi connectivity index (χ4n) is 23.3. The van der Waals surface area contributed by atoms with Crippen LogP contribution in [0.25, 0.3) is 142 Å². The second-order valence-corrected chi connectivity index (χ2v) is 44.8. The summed E-state index contributed by atoms with van der Waals surface area (Å²) in [5.74, 6) is 0. The molecule has 0 radical (unpaired) electrons. The van der Waals surface area contributed by atoms with Crippen LogP contribution in [0.5, 0.6) is 0 Å². The van der Waals surface area contributed by atoms with Crippen molar-refractivity contribution in [1.29, 1.82) is 0 Å². The standard InChI is InChI=1S/C126H88N6Si2/c1-11-39-91(40-12-1)129-117-75-67-107(133(101-47-19-5-20-48-101,102-49-21-6-22-50-102)103-51-23-7-24-52-103)85-115(117)109-69-63-97(81-121(109)129)127(95-61-59-87-35-31-33-37-89(87)79-95)99-65-71-113-123(83-99)131(93-43-15-3-16-44-93)119-77-73-112-111(125(113)119)74-78-120-126(112)114-72-66-100(84-124(114)132(120)94-45-17-4-18-46-94)128(96-62-60-88-36-32-34-38-90(88)80-96)98-64-70-110-116-86-108(68-76-118(116)130(122(110)82-98)92-41-13-2-14-42-92)134(104-53-25-8-26-54-104,105-55-27-9-28-56-105)106-57-29-10-30-58-106/h1-86,133-134H/q-2. The van der Waals surface area contributed by atoms with Crippen LogP contribution in [-0.2, 0) is 0 Å². The van der Waals surface area contributed by atoms with Crippen molar-refractivity contribution < 1.29 is 0 Å². The first kappa shape index (κ1) is 77.9. The molecule has 0 saturated carbocycles. The molecule has 26 aromatic rings. The molecule has 0 aliphatic carbocycles. The van der Waals surface area contributed by atoms with Crippen LogP contribution < -0.4 is 51.3 Å². The molecule has 632 valence electrons. The van der Waals surface area contributed by atoms with Gasteiger partial charge in [0.25, 0.3) is 0 Å². The summed E-state index contributed by atoms with van der Waals surface area (Å²) in [5, 5.41) is 27.6. The number of hydrogen-bond acceptors (Lipinski definition) is 2. The zero-order valence-corrected chi connectivity index (χ0v) is 75.8. The van der Waals surface area contributed by atoms with E-state index < -0.39 is 16.1 Å². The molecule has 0 bridgehead atoms. The quantitative estimate of drug-likeness (QED) is 0.0632. The van der Waals surface area contributed by atoms with Crippen molar-refractivity contribution in [2.75, 3.05) is 9.80 Å². The third-order valence-corrected chi connectivity index (χ3v) is 40.1. The maximum absolute atomic E-state index is 3.38. The second-order valence-electron chi connectivity index (χ2n) is 36.0. The molecule has 0 unspecified atom stereocenters. The van der Waals surface area contributed by atoms with Crippen LogP contribution in [0.15, 0.2) is 522 Å². The van der Waals surface area contributed by atoms with Crippen LogP contribution >= 0.6 is 0 Å². The number of aromatic nitrogens is 4. The molecule has 6 nitrogen and oxygen atoms in total. The first-order chi connectivity index (χ1) is 66.5. The molecular formula is C126H88N6Si2-2. The van der Waals surface area contributed by atoms with E-state index in [1.165, 1.54) is 117 Å². The van der Waals surface area contributed by atoms with Gasteiger partial charge in [0.1, 0.15) is 0 Å². The number of rotatable bonds is 18. The Labute approximate surface area is 778 Å². The summed E-state index contributed by atoms with van der Waals surface area (Å²) in [6, 6.07) is 196. The molecule has 4 heterocycles. The molecule has 4 aromatic heterocycles. The van der Waals surface area contributed by atoms with Gasteiger partial charge in [0.05, 0.1) is 11.0 Å². The number of para-hydroxylation sites is 4. The summed E-state index contributed by atoms with van der Waals surface area (Å²) in [6.45, 7) is 0. The summed E-state index contributed by atoms with van der Waals surface area (Å²) in [7, 11) is -6.76. The Kier molecular flexibility index (Phi) is 18.6. The van der Waals surface area contributed by atoms with E-state index >= 15 is 0 Å². The molecule has 0 spiro atoms. The molecular weight excluding hydrogens is 1650 g/mol. The Morgan fingerprint density at radius 3 is 0.657 bits per heavy atom. The molecule has 0 fully saturated rings. The topological polar surface area (TPSA) is 26.2 Å². The third kappa shape index (κ3) is 12.4. The SMILES string of the molecule is c1ccc(-n2c3ccc([SiH-](c4ccccc4)(c4ccccc4)c4ccccc4)cc3c3ccc(N(c4ccc5ccccc5c4)c4ccc5c6c7ccc8c(c7ccc6n(-c6ccccc6)c5c4)c4ccc(N(c5ccc6ccccc6c5)c5ccc6c7cc([SiH-](c9ccccc9)(c9ccccc9)c9ccccc9)ccc7n(-c7ccccc7)c6c5)cc4n8-c4ccccc4)cc32)cc1. The fourth-order valence-corrected chi connectivity index (χ4v) is 34.3. The van der Waals surface area contributed by atoms with Gasteiger partial charge < -0.3 is 0 Å². The molecule has 26 rings (SSSR count). The number of benzene rings is 22. The monoisotopic (exact) mass is 1740 g/mol. The molecule has 0 amide bonds. The zero-order chi connectivity index (χ0) is 88.4. The minimum atomic E-state index is -3.38. The van der Waals surface area contributed by atoms with Gasteiger partial charge in [-0.25, -0.2) is 0 Å². The Morgan fingerprint density at radius 2 is 0.358 bits per heavy atom. The molecule has 0 saturated heterocycles. The zero-order valence-electron chi connectivity index (χ0n) is 73.5. The molecule has 0 aliphatic heterocycles. The number of nitrogens with zero attached hydrogens (tertiary/aromatic N) is 6. The summed E-state index contributed by atoms with van der Waals surface area (Å²) in [4.78, 5) is 4.97. The maximum atomic E-state index is 2.55. The van der Waals surface area contributed by atoms with Crippen LogP contribution in [0.1, 0.15) is 0 Å². The van der Waals surface area contributed by atoms with Crippen molar-refractivity contribution in [3.05, 3.63) is 522 Å². The normalized spacial score (nSPS) is 12.3. The first-order valence-electron chi connectivity index (χ1n) is 46.6. The Bertz CT molecular complexity index is 8320. The van der Waals surface area contributed by atoms with E-state index in [1.54, 1.807) is 0 Å². The minimum absolute atomic E-state index is 1.04. The molecule has 0 atom stereocenters. The van der Waals surface area contributed by atoms with Gasteiger partial charge in [-0.15, -0.1) is 0 Å². The van der Waals surface area contributed by atoms with Crippen molar-refractivity contribution >= 4 is 211 Å². The van der Waals surface area contributed by atoms with Crippen molar-refractivity contribution in [1.82, 2.24) is 18.3 Å². The fraction of sp³-hybridized carbons (Fsp3) is 0. The van der Waals surface area contributed by atoms with Crippen molar-refractivity contribution in [2.45, 2.75) is 0 Å². The van der Waals surface area contributed by atoms with Crippen LogP contribution in [0.4, 0.5) is 34.1 Å². The van der Waals surface area contributed by atoms with E-state index in [1.807, 2.05) is 0 Å². The van der Waals surface area contributed by atoms with Crippen LogP contribution in [0.2, 0.25) is 0 Å². The number of hydrogen-bond donors (Lipinski definition) is 0. The predicted octanol–water partition coefficient (Wildman–Crippen LogP) is 26.7. The Morgan fingerprint density at radius 1 is 0.134 bits per heavy atom. The van der Waals surface area contributed by atoms with Crippen molar-refractivity contribution in [3.8, 4) is 22.7 Å². The Balaban J connectivity index is 0.663. The summed E-state index contributed by atoms with van der Waals surface area (Å²) in [5.41, 5.74) is 19.7. The van der Waals surface area contributed by atoms with Gasteiger partial charge in [0, 0.05) is 22.1 Å². The Hall–Kier alpha value is -17.1. The van der Waals surface area contributed by atoms with Gasteiger partial charge in [0.15, 0.2) is 0 Å². The van der Waals surface area contributed by atoms with Crippen LogP contribution in [-0.4, -0.2) is 34.4 Å². The first-order valence-corrected chi connectivity index (χ1v) is 51.2. The van der Waals surface area contributed by atoms with E-state index in [-0.39, 0.29) is 0 Å². The molecule has 0 aliphatic rings. The number of anilines is 6. The van der Waals surface area contributed by atoms with E-state index in [9.17, 15) is 0 Å². The van der Waals surface area contributed by atoms with E-state index in [0.29, 0.717) is 0 Å². The summed E-state index contributed by atoms with van der Waals surface area (Å²) < 4.78 is 9.98. The van der Waals surface area contributed by atoms with Gasteiger partial charge in [-0.1, -0.05) is 84.9 Å². The molecule has 22 aromatic carbocycles. The average molecular weight is 1740 g/mol. The third-order valence-electron chi connectivity index (χ3n) is 29.0. The average Bonchev–Trinajstić information content (AvgIpc) is 1.56. The number of fused-ring (bicyclic) bond motifs is 17. The van der Waals surface area contributed by atoms with Crippen molar-refractivity contribution in [2.24, 2.45) is 0 Å². The van der Waals surface area contributed by atoms with Gasteiger partial charge >= 0.3 is 619 Å². The molecule has 0 N–H and O–H groups in total. The van der Waals surface area contributed by atoms with Crippen LogP contribution in [0.3, 0.4) is 0 Å². The predicted molar refractivity (Wildman–Crippen MR) is 576 cm³/mol.